The maximum atomic E-state index is 10.2. The molecule has 2 atom stereocenters. The highest BCUT2D eigenvalue weighted by atomic mass is 28.2. The van der Waals surface area contributed by atoms with E-state index in [0.29, 0.717) is 12.8 Å². The standard InChI is InChI=1S/C31H34O4Si2/c1-3-29(32)34-36-27-19-11-9-17-25(27)31(26-18-10-12-20-28(26)37-35-30(33)4-2)23-15-7-5-13-21(23)22-14-6-8-16-24(22)31/h5-20,29-30,32-33H,3-4,36-37H2,1-2H3. The van der Waals surface area contributed by atoms with E-state index in [4.69, 9.17) is 8.85 Å². The first-order chi connectivity index (χ1) is 18.1. The van der Waals surface area contributed by atoms with Crippen LogP contribution in [0.25, 0.3) is 11.1 Å². The molecule has 1 aliphatic carbocycles. The van der Waals surface area contributed by atoms with Gasteiger partial charge in [0.05, 0.1) is 5.41 Å². The predicted molar refractivity (Wildman–Crippen MR) is 155 cm³/mol. The van der Waals surface area contributed by atoms with Crippen molar-refractivity contribution in [1.29, 1.82) is 0 Å². The second-order valence-corrected chi connectivity index (χ2v) is 12.3. The van der Waals surface area contributed by atoms with Crippen molar-refractivity contribution in [2.24, 2.45) is 0 Å². The van der Waals surface area contributed by atoms with Crippen molar-refractivity contribution in [2.75, 3.05) is 0 Å². The van der Waals surface area contributed by atoms with Crippen molar-refractivity contribution in [1.82, 2.24) is 0 Å². The summed E-state index contributed by atoms with van der Waals surface area (Å²) in [5.41, 5.74) is 6.78. The SMILES string of the molecule is CCC(O)O[SiH2]c1ccccc1C1(c2ccccc2[SiH2]OC(O)CC)c2ccccc2-c2ccccc21. The lowest BCUT2D eigenvalue weighted by Gasteiger charge is -2.37. The van der Waals surface area contributed by atoms with Crippen LogP contribution in [0.4, 0.5) is 0 Å². The molecule has 0 amide bonds. The normalized spacial score (nSPS) is 15.8. The Morgan fingerprint density at radius 1 is 0.568 bits per heavy atom. The van der Waals surface area contributed by atoms with Gasteiger partial charge in [0, 0.05) is 0 Å². The summed E-state index contributed by atoms with van der Waals surface area (Å²) in [6.45, 7) is 3.86. The molecule has 190 valence electrons. The first-order valence-corrected chi connectivity index (χ1v) is 15.6. The van der Waals surface area contributed by atoms with Gasteiger partial charge in [-0.1, -0.05) is 111 Å². The summed E-state index contributed by atoms with van der Waals surface area (Å²) in [5, 5.41) is 22.8. The van der Waals surface area contributed by atoms with Crippen molar-refractivity contribution >= 4 is 29.9 Å². The molecule has 37 heavy (non-hydrogen) atoms. The van der Waals surface area contributed by atoms with Gasteiger partial charge in [0.2, 0.25) is 0 Å². The van der Waals surface area contributed by atoms with E-state index in [-0.39, 0.29) is 0 Å². The second kappa shape index (κ2) is 11.3. The van der Waals surface area contributed by atoms with Crippen molar-refractivity contribution in [3.63, 3.8) is 0 Å². The molecule has 4 aromatic carbocycles. The molecule has 4 nitrogen and oxygen atoms in total. The summed E-state index contributed by atoms with van der Waals surface area (Å²) in [5.74, 6) is 0. The lowest BCUT2D eigenvalue weighted by molar-refractivity contribution is -0.0162. The average molecular weight is 527 g/mol. The molecule has 2 N–H and O–H groups in total. The lowest BCUT2D eigenvalue weighted by atomic mass is 9.67. The minimum Gasteiger partial charge on any atom is -0.394 e. The number of fused-ring (bicyclic) bond motifs is 3. The van der Waals surface area contributed by atoms with Crippen LogP contribution in [0.3, 0.4) is 0 Å². The van der Waals surface area contributed by atoms with Crippen molar-refractivity contribution < 1.29 is 19.1 Å². The fourth-order valence-corrected chi connectivity index (χ4v) is 8.35. The topological polar surface area (TPSA) is 58.9 Å². The van der Waals surface area contributed by atoms with Gasteiger partial charge in [-0.05, 0) is 56.6 Å². The molecule has 0 bridgehead atoms. The Hall–Kier alpha value is -2.85. The summed E-state index contributed by atoms with van der Waals surface area (Å²) in [6.07, 6.45) is -0.362. The van der Waals surface area contributed by atoms with E-state index in [2.05, 4.69) is 97.1 Å². The van der Waals surface area contributed by atoms with Gasteiger partial charge in [-0.15, -0.1) is 0 Å². The molecule has 0 aromatic heterocycles. The lowest BCUT2D eigenvalue weighted by Crippen LogP contribution is -2.42. The van der Waals surface area contributed by atoms with Crippen LogP contribution in [-0.2, 0) is 14.3 Å². The highest BCUT2D eigenvalue weighted by molar-refractivity contribution is 6.49. The maximum Gasteiger partial charge on any atom is 0.196 e. The molecular weight excluding hydrogens is 493 g/mol. The van der Waals surface area contributed by atoms with E-state index in [9.17, 15) is 10.2 Å². The van der Waals surface area contributed by atoms with Gasteiger partial charge < -0.3 is 19.1 Å². The van der Waals surface area contributed by atoms with Crippen LogP contribution in [0, 0.1) is 0 Å². The maximum absolute atomic E-state index is 10.2. The van der Waals surface area contributed by atoms with Gasteiger partial charge in [-0.25, -0.2) is 0 Å². The quantitative estimate of drug-likeness (QED) is 0.217. The number of aliphatic hydroxyl groups is 2. The van der Waals surface area contributed by atoms with Crippen LogP contribution in [0.1, 0.15) is 48.9 Å². The first-order valence-electron chi connectivity index (χ1n) is 13.1. The van der Waals surface area contributed by atoms with E-state index >= 15 is 0 Å². The molecule has 0 saturated heterocycles. The third-order valence-corrected chi connectivity index (χ3v) is 10.3. The molecule has 2 unspecified atom stereocenters. The zero-order valence-electron chi connectivity index (χ0n) is 21.4. The fourth-order valence-electron chi connectivity index (χ4n) is 5.59. The van der Waals surface area contributed by atoms with Gasteiger partial charge in [-0.3, -0.25) is 0 Å². The zero-order valence-corrected chi connectivity index (χ0v) is 24.3. The molecular formula is C31H34O4Si2. The van der Waals surface area contributed by atoms with E-state index in [1.807, 2.05) is 13.8 Å². The minimum atomic E-state index is -1.23. The van der Waals surface area contributed by atoms with Crippen LogP contribution >= 0.6 is 0 Å². The number of benzene rings is 4. The summed E-state index contributed by atoms with van der Waals surface area (Å²) in [7, 11) is -2.45. The molecule has 0 aliphatic heterocycles. The van der Waals surface area contributed by atoms with E-state index < -0.39 is 37.5 Å². The number of hydrogen-bond acceptors (Lipinski definition) is 4. The summed E-state index contributed by atoms with van der Waals surface area (Å²) in [6, 6.07) is 34.5. The molecule has 4 aromatic rings. The summed E-state index contributed by atoms with van der Waals surface area (Å²) in [4.78, 5) is 0. The number of aliphatic hydroxyl groups excluding tert-OH is 2. The Morgan fingerprint density at radius 3 is 1.32 bits per heavy atom. The van der Waals surface area contributed by atoms with Crippen LogP contribution < -0.4 is 10.4 Å². The van der Waals surface area contributed by atoms with Crippen molar-refractivity contribution in [3.8, 4) is 11.1 Å². The van der Waals surface area contributed by atoms with Gasteiger partial charge in [0.1, 0.15) is 12.6 Å². The minimum absolute atomic E-state index is 0.554. The predicted octanol–water partition coefficient (Wildman–Crippen LogP) is 2.96. The van der Waals surface area contributed by atoms with E-state index in [1.165, 1.54) is 43.8 Å². The monoisotopic (exact) mass is 526 g/mol. The van der Waals surface area contributed by atoms with Crippen LogP contribution in [0.15, 0.2) is 97.1 Å². The van der Waals surface area contributed by atoms with E-state index in [0.717, 1.165) is 0 Å². The Labute approximate surface area is 223 Å². The molecule has 0 heterocycles. The van der Waals surface area contributed by atoms with E-state index in [1.54, 1.807) is 0 Å². The van der Waals surface area contributed by atoms with Crippen molar-refractivity contribution in [3.05, 3.63) is 119 Å². The summed E-state index contributed by atoms with van der Waals surface area (Å²) >= 11 is 0. The van der Waals surface area contributed by atoms with Crippen LogP contribution in [0.5, 0.6) is 0 Å². The average Bonchev–Trinajstić information content (AvgIpc) is 3.26. The number of hydrogen-bond donors (Lipinski definition) is 2. The molecule has 5 rings (SSSR count). The van der Waals surface area contributed by atoms with Crippen molar-refractivity contribution in [2.45, 2.75) is 44.7 Å². The first kappa shape index (κ1) is 25.8. The smallest absolute Gasteiger partial charge is 0.196 e. The number of rotatable bonds is 10. The van der Waals surface area contributed by atoms with Crippen LogP contribution in [0.2, 0.25) is 0 Å². The third-order valence-electron chi connectivity index (χ3n) is 7.36. The summed E-state index contributed by atoms with van der Waals surface area (Å²) < 4.78 is 12.0. The van der Waals surface area contributed by atoms with Gasteiger partial charge in [0.25, 0.3) is 0 Å². The van der Waals surface area contributed by atoms with Gasteiger partial charge in [0.15, 0.2) is 19.5 Å². The highest BCUT2D eigenvalue weighted by Crippen LogP contribution is 2.55. The largest absolute Gasteiger partial charge is 0.394 e. The highest BCUT2D eigenvalue weighted by Gasteiger charge is 2.47. The second-order valence-electron chi connectivity index (χ2n) is 9.50. The molecule has 0 spiro atoms. The van der Waals surface area contributed by atoms with Crippen LogP contribution in [-0.4, -0.2) is 42.3 Å². The third kappa shape index (κ3) is 4.65. The Morgan fingerprint density at radius 2 is 0.919 bits per heavy atom. The Bertz CT molecular complexity index is 1270. The van der Waals surface area contributed by atoms with Gasteiger partial charge in [-0.2, -0.15) is 0 Å². The zero-order chi connectivity index (χ0) is 25.8. The fraction of sp³-hybridized carbons (Fsp3) is 0.226. The molecule has 6 heteroatoms. The Balaban J connectivity index is 1.81. The molecule has 1 aliphatic rings. The molecule has 0 saturated carbocycles. The van der Waals surface area contributed by atoms with Gasteiger partial charge >= 0.3 is 0 Å². The molecule has 0 radical (unpaired) electrons. The Kier molecular flexibility index (Phi) is 7.85. The molecule has 0 fully saturated rings.